The van der Waals surface area contributed by atoms with Crippen LogP contribution in [-0.4, -0.2) is 31.2 Å². The molecule has 3 aromatic rings. The molecule has 0 saturated heterocycles. The van der Waals surface area contributed by atoms with Crippen LogP contribution >= 0.6 is 0 Å². The van der Waals surface area contributed by atoms with Crippen LogP contribution in [0.15, 0.2) is 60.8 Å². The lowest BCUT2D eigenvalue weighted by atomic mass is 10.1. The Labute approximate surface area is 158 Å². The predicted octanol–water partition coefficient (Wildman–Crippen LogP) is 2.98. The zero-order valence-corrected chi connectivity index (χ0v) is 15.1. The van der Waals surface area contributed by atoms with Crippen molar-refractivity contribution in [3.63, 3.8) is 0 Å². The molecular formula is C22H20N2O3. The van der Waals surface area contributed by atoms with Gasteiger partial charge in [0.15, 0.2) is 0 Å². The van der Waals surface area contributed by atoms with Crippen molar-refractivity contribution in [2.45, 2.75) is 6.42 Å². The van der Waals surface area contributed by atoms with Gasteiger partial charge in [0.1, 0.15) is 23.6 Å². The summed E-state index contributed by atoms with van der Waals surface area (Å²) >= 11 is 0. The lowest BCUT2D eigenvalue weighted by molar-refractivity contribution is -0.120. The van der Waals surface area contributed by atoms with E-state index in [1.54, 1.807) is 13.3 Å². The van der Waals surface area contributed by atoms with E-state index in [1.165, 1.54) is 0 Å². The number of fused-ring (bicyclic) bond motifs is 1. The van der Waals surface area contributed by atoms with Crippen LogP contribution < -0.4 is 14.8 Å². The number of methoxy groups -OCH3 is 1. The van der Waals surface area contributed by atoms with Gasteiger partial charge in [0.05, 0.1) is 20.1 Å². The third kappa shape index (κ3) is 5.23. The average Bonchev–Trinajstić information content (AvgIpc) is 2.71. The number of amides is 1. The molecule has 0 fully saturated rings. The highest BCUT2D eigenvalue weighted by molar-refractivity contribution is 5.84. The van der Waals surface area contributed by atoms with Gasteiger partial charge in [-0.15, -0.1) is 0 Å². The highest BCUT2D eigenvalue weighted by Gasteiger charge is 2.03. The van der Waals surface area contributed by atoms with Crippen molar-refractivity contribution in [2.75, 3.05) is 20.3 Å². The summed E-state index contributed by atoms with van der Waals surface area (Å²) in [5, 5.41) is 3.80. The summed E-state index contributed by atoms with van der Waals surface area (Å²) in [5.41, 5.74) is 1.74. The Hall–Kier alpha value is -3.52. The summed E-state index contributed by atoms with van der Waals surface area (Å²) in [4.78, 5) is 16.2. The van der Waals surface area contributed by atoms with Gasteiger partial charge in [0.25, 0.3) is 0 Å². The van der Waals surface area contributed by atoms with Crippen molar-refractivity contribution in [2.24, 2.45) is 0 Å². The topological polar surface area (TPSA) is 60.5 Å². The zero-order chi connectivity index (χ0) is 18.9. The lowest BCUT2D eigenvalue weighted by Crippen LogP contribution is -2.25. The Balaban J connectivity index is 1.43. The van der Waals surface area contributed by atoms with E-state index in [-0.39, 0.29) is 19.1 Å². The van der Waals surface area contributed by atoms with E-state index in [4.69, 9.17) is 9.47 Å². The first-order chi connectivity index (χ1) is 13.3. The van der Waals surface area contributed by atoms with Crippen LogP contribution in [0.3, 0.4) is 0 Å². The fraction of sp³-hybridized carbons (Fsp3) is 0.182. The fourth-order valence-electron chi connectivity index (χ4n) is 2.55. The molecule has 0 unspecified atom stereocenters. The van der Waals surface area contributed by atoms with E-state index >= 15 is 0 Å². The normalized spacial score (nSPS) is 9.96. The second-order valence-corrected chi connectivity index (χ2v) is 5.78. The molecule has 5 nitrogen and oxygen atoms in total. The molecule has 0 aliphatic carbocycles. The first kappa shape index (κ1) is 18.3. The van der Waals surface area contributed by atoms with E-state index < -0.39 is 0 Å². The summed E-state index contributed by atoms with van der Waals surface area (Å²) in [6.45, 7) is 0.524. The van der Waals surface area contributed by atoms with Crippen LogP contribution in [0.1, 0.15) is 5.56 Å². The highest BCUT2D eigenvalue weighted by Crippen LogP contribution is 2.22. The average molecular weight is 360 g/mol. The van der Waals surface area contributed by atoms with Gasteiger partial charge in [-0.2, -0.15) is 0 Å². The van der Waals surface area contributed by atoms with Crippen molar-refractivity contribution in [3.8, 4) is 23.3 Å². The summed E-state index contributed by atoms with van der Waals surface area (Å²) in [7, 11) is 1.61. The van der Waals surface area contributed by atoms with Crippen LogP contribution in [0.4, 0.5) is 0 Å². The minimum Gasteiger partial charge on any atom is -0.497 e. The molecule has 27 heavy (non-hydrogen) atoms. The number of hydrogen-bond acceptors (Lipinski definition) is 4. The van der Waals surface area contributed by atoms with Gasteiger partial charge in [0, 0.05) is 11.6 Å². The molecule has 3 rings (SSSR count). The Morgan fingerprint density at radius 3 is 2.70 bits per heavy atom. The number of ether oxygens (including phenoxy) is 2. The van der Waals surface area contributed by atoms with Crippen LogP contribution in [0, 0.1) is 11.8 Å². The minimum atomic E-state index is -0.0753. The maximum atomic E-state index is 11.9. The maximum Gasteiger partial charge on any atom is 0.225 e. The van der Waals surface area contributed by atoms with Crippen molar-refractivity contribution in [1.29, 1.82) is 0 Å². The number of aromatic nitrogens is 1. The molecule has 2 aromatic carbocycles. The van der Waals surface area contributed by atoms with E-state index in [0.717, 1.165) is 22.2 Å². The first-order valence-electron chi connectivity index (χ1n) is 8.58. The lowest BCUT2D eigenvalue weighted by Gasteiger charge is -2.05. The van der Waals surface area contributed by atoms with Gasteiger partial charge in [-0.05, 0) is 29.8 Å². The molecule has 5 heteroatoms. The summed E-state index contributed by atoms with van der Waals surface area (Å²) < 4.78 is 10.8. The molecule has 0 radical (unpaired) electrons. The van der Waals surface area contributed by atoms with Gasteiger partial charge in [0.2, 0.25) is 5.91 Å². The molecular weight excluding hydrogens is 340 g/mol. The van der Waals surface area contributed by atoms with E-state index in [9.17, 15) is 4.79 Å². The molecule has 1 heterocycles. The van der Waals surface area contributed by atoms with Crippen molar-refractivity contribution >= 4 is 16.8 Å². The monoisotopic (exact) mass is 360 g/mol. The standard InChI is InChI=1S/C22H20N2O3/c1-26-19-11-9-17(10-12-19)16-21(25)23-13-2-3-15-27-20-8-4-6-18-7-5-14-24-22(18)20/h4-12,14H,13,15-16H2,1H3,(H,23,25). The van der Waals surface area contributed by atoms with Crippen LogP contribution in [0.25, 0.3) is 10.9 Å². The number of hydrogen-bond donors (Lipinski definition) is 1. The van der Waals surface area contributed by atoms with Crippen molar-refractivity contribution in [1.82, 2.24) is 10.3 Å². The van der Waals surface area contributed by atoms with Crippen LogP contribution in [0.5, 0.6) is 11.5 Å². The van der Waals surface area contributed by atoms with Gasteiger partial charge in [-0.25, -0.2) is 0 Å². The quantitative estimate of drug-likeness (QED) is 0.687. The summed E-state index contributed by atoms with van der Waals surface area (Å²) in [5.74, 6) is 7.19. The molecule has 1 N–H and O–H groups in total. The molecule has 0 aliphatic rings. The maximum absolute atomic E-state index is 11.9. The van der Waals surface area contributed by atoms with Crippen LogP contribution in [-0.2, 0) is 11.2 Å². The number of benzene rings is 2. The molecule has 0 aliphatic heterocycles. The minimum absolute atomic E-state index is 0.0753. The Morgan fingerprint density at radius 2 is 1.89 bits per heavy atom. The van der Waals surface area contributed by atoms with E-state index in [1.807, 2.05) is 54.6 Å². The molecule has 0 bridgehead atoms. The Kier molecular flexibility index (Phi) is 6.26. The molecule has 1 amide bonds. The third-order valence-corrected chi connectivity index (χ3v) is 3.92. The summed E-state index contributed by atoms with van der Waals surface area (Å²) in [6, 6.07) is 17.1. The Bertz CT molecular complexity index is 967. The second kappa shape index (κ2) is 9.25. The van der Waals surface area contributed by atoms with Gasteiger partial charge in [-0.1, -0.05) is 42.2 Å². The van der Waals surface area contributed by atoms with Gasteiger partial charge in [-0.3, -0.25) is 9.78 Å². The van der Waals surface area contributed by atoms with Crippen LogP contribution in [0.2, 0.25) is 0 Å². The predicted molar refractivity (Wildman–Crippen MR) is 105 cm³/mol. The molecule has 0 spiro atoms. The van der Waals surface area contributed by atoms with Crippen molar-refractivity contribution in [3.05, 3.63) is 66.4 Å². The molecule has 0 atom stereocenters. The highest BCUT2D eigenvalue weighted by atomic mass is 16.5. The molecule has 136 valence electrons. The summed E-state index contributed by atoms with van der Waals surface area (Å²) in [6.07, 6.45) is 2.04. The zero-order valence-electron chi connectivity index (χ0n) is 15.1. The number of para-hydroxylation sites is 1. The number of rotatable bonds is 6. The Morgan fingerprint density at radius 1 is 1.07 bits per heavy atom. The first-order valence-corrected chi connectivity index (χ1v) is 8.58. The number of carbonyl (C=O) groups excluding carboxylic acids is 1. The van der Waals surface area contributed by atoms with E-state index in [0.29, 0.717) is 12.2 Å². The third-order valence-electron chi connectivity index (χ3n) is 3.92. The number of nitrogens with one attached hydrogen (secondary N) is 1. The second-order valence-electron chi connectivity index (χ2n) is 5.78. The fourth-order valence-corrected chi connectivity index (χ4v) is 2.55. The van der Waals surface area contributed by atoms with E-state index in [2.05, 4.69) is 22.1 Å². The number of pyridine rings is 1. The SMILES string of the molecule is COc1ccc(CC(=O)NCC#CCOc2cccc3cccnc23)cc1. The number of carbonyl (C=O) groups is 1. The molecule has 1 aromatic heterocycles. The molecule has 0 saturated carbocycles. The van der Waals surface area contributed by atoms with Crippen molar-refractivity contribution < 1.29 is 14.3 Å². The smallest absolute Gasteiger partial charge is 0.225 e. The van der Waals surface area contributed by atoms with Gasteiger partial charge >= 0.3 is 0 Å². The number of nitrogens with zero attached hydrogens (tertiary/aromatic N) is 1. The largest absolute Gasteiger partial charge is 0.497 e. The van der Waals surface area contributed by atoms with Gasteiger partial charge < -0.3 is 14.8 Å².